The Morgan fingerprint density at radius 1 is 1.22 bits per heavy atom. The molecule has 0 bridgehead atoms. The summed E-state index contributed by atoms with van der Waals surface area (Å²) in [4.78, 5) is 2.16. The maximum Gasteiger partial charge on any atom is 0.118 e. The smallest absolute Gasteiger partial charge is 0.118 e. The largest absolute Gasteiger partial charge is 0.468 e. The van der Waals surface area contributed by atoms with Crippen molar-refractivity contribution >= 4 is 0 Å². The SMILES string of the molecule is CCNCc1coc(CN(C)Cc2ccco2)c1. The van der Waals surface area contributed by atoms with E-state index in [1.54, 1.807) is 6.26 Å². The van der Waals surface area contributed by atoms with Gasteiger partial charge in [0, 0.05) is 12.1 Å². The van der Waals surface area contributed by atoms with Crippen molar-refractivity contribution in [2.45, 2.75) is 26.6 Å². The Kier molecular flexibility index (Phi) is 4.61. The van der Waals surface area contributed by atoms with Gasteiger partial charge in [-0.2, -0.15) is 0 Å². The average Bonchev–Trinajstić information content (AvgIpc) is 2.98. The highest BCUT2D eigenvalue weighted by Crippen LogP contribution is 2.12. The van der Waals surface area contributed by atoms with Crippen LogP contribution >= 0.6 is 0 Å². The van der Waals surface area contributed by atoms with Crippen LogP contribution in [0.3, 0.4) is 0 Å². The van der Waals surface area contributed by atoms with Gasteiger partial charge in [0.2, 0.25) is 0 Å². The summed E-state index contributed by atoms with van der Waals surface area (Å²) in [5.41, 5.74) is 1.19. The summed E-state index contributed by atoms with van der Waals surface area (Å²) in [5.74, 6) is 1.95. The standard InChI is InChI=1S/C14H20N2O2/c1-3-15-8-12-7-14(18-11-12)10-16(2)9-13-5-4-6-17-13/h4-7,11,15H,3,8-10H2,1-2H3. The van der Waals surface area contributed by atoms with Crippen molar-refractivity contribution in [2.75, 3.05) is 13.6 Å². The fraction of sp³-hybridized carbons (Fsp3) is 0.429. The normalized spacial score (nSPS) is 11.3. The van der Waals surface area contributed by atoms with Gasteiger partial charge < -0.3 is 14.2 Å². The number of nitrogens with one attached hydrogen (secondary N) is 1. The molecule has 18 heavy (non-hydrogen) atoms. The molecule has 0 amide bonds. The maximum atomic E-state index is 5.54. The van der Waals surface area contributed by atoms with E-state index in [-0.39, 0.29) is 0 Å². The van der Waals surface area contributed by atoms with Gasteiger partial charge in [0.1, 0.15) is 11.5 Å². The summed E-state index contributed by atoms with van der Waals surface area (Å²) in [6.07, 6.45) is 3.52. The molecule has 2 rings (SSSR count). The van der Waals surface area contributed by atoms with Crippen molar-refractivity contribution in [3.05, 3.63) is 47.8 Å². The van der Waals surface area contributed by atoms with Crippen molar-refractivity contribution in [1.82, 2.24) is 10.2 Å². The van der Waals surface area contributed by atoms with E-state index < -0.39 is 0 Å². The second-order valence-electron chi connectivity index (χ2n) is 4.45. The monoisotopic (exact) mass is 248 g/mol. The van der Waals surface area contributed by atoms with Crippen molar-refractivity contribution in [1.29, 1.82) is 0 Å². The summed E-state index contributed by atoms with van der Waals surface area (Å²) in [6, 6.07) is 5.99. The van der Waals surface area contributed by atoms with Gasteiger partial charge in [0.25, 0.3) is 0 Å². The number of hydrogen-bond acceptors (Lipinski definition) is 4. The van der Waals surface area contributed by atoms with E-state index in [2.05, 4.69) is 30.3 Å². The second-order valence-corrected chi connectivity index (χ2v) is 4.45. The lowest BCUT2D eigenvalue weighted by atomic mass is 10.3. The number of furan rings is 2. The molecule has 98 valence electrons. The lowest BCUT2D eigenvalue weighted by molar-refractivity contribution is 0.264. The Hall–Kier alpha value is -1.52. The first-order valence-electron chi connectivity index (χ1n) is 6.26. The van der Waals surface area contributed by atoms with Crippen LogP contribution in [0.4, 0.5) is 0 Å². The van der Waals surface area contributed by atoms with Crippen LogP contribution in [0.15, 0.2) is 39.6 Å². The Morgan fingerprint density at radius 3 is 2.78 bits per heavy atom. The van der Waals surface area contributed by atoms with E-state index >= 15 is 0 Å². The van der Waals surface area contributed by atoms with Crippen LogP contribution in [0.1, 0.15) is 24.0 Å². The molecule has 4 nitrogen and oxygen atoms in total. The quantitative estimate of drug-likeness (QED) is 0.817. The van der Waals surface area contributed by atoms with Crippen molar-refractivity contribution in [3.63, 3.8) is 0 Å². The molecule has 0 spiro atoms. The third-order valence-corrected chi connectivity index (χ3v) is 2.72. The summed E-state index contributed by atoms with van der Waals surface area (Å²) in [5, 5.41) is 3.28. The zero-order valence-corrected chi connectivity index (χ0v) is 11.0. The van der Waals surface area contributed by atoms with Crippen LogP contribution in [-0.4, -0.2) is 18.5 Å². The molecule has 0 atom stereocenters. The molecule has 0 aromatic carbocycles. The third kappa shape index (κ3) is 3.75. The number of hydrogen-bond donors (Lipinski definition) is 1. The molecule has 0 saturated heterocycles. The summed E-state index contributed by atoms with van der Waals surface area (Å²) < 4.78 is 10.9. The maximum absolute atomic E-state index is 5.54. The molecular weight excluding hydrogens is 228 g/mol. The highest BCUT2D eigenvalue weighted by Gasteiger charge is 2.07. The van der Waals surface area contributed by atoms with Crippen LogP contribution in [0, 0.1) is 0 Å². The van der Waals surface area contributed by atoms with E-state index in [9.17, 15) is 0 Å². The van der Waals surface area contributed by atoms with Crippen LogP contribution in [0.25, 0.3) is 0 Å². The van der Waals surface area contributed by atoms with Crippen molar-refractivity contribution in [3.8, 4) is 0 Å². The van der Waals surface area contributed by atoms with E-state index in [0.717, 1.165) is 37.7 Å². The summed E-state index contributed by atoms with van der Waals surface area (Å²) >= 11 is 0. The summed E-state index contributed by atoms with van der Waals surface area (Å²) in [7, 11) is 2.05. The minimum Gasteiger partial charge on any atom is -0.468 e. The first-order valence-corrected chi connectivity index (χ1v) is 6.26. The molecule has 2 aromatic heterocycles. The fourth-order valence-corrected chi connectivity index (χ4v) is 1.86. The Labute approximate surface area is 108 Å². The Balaban J connectivity index is 1.83. The molecule has 0 saturated carbocycles. The Morgan fingerprint density at radius 2 is 2.06 bits per heavy atom. The van der Waals surface area contributed by atoms with E-state index in [1.807, 2.05) is 18.4 Å². The van der Waals surface area contributed by atoms with Gasteiger partial charge in [-0.05, 0) is 31.8 Å². The third-order valence-electron chi connectivity index (χ3n) is 2.72. The second kappa shape index (κ2) is 6.42. The number of nitrogens with zero attached hydrogens (tertiary/aromatic N) is 1. The number of rotatable bonds is 7. The van der Waals surface area contributed by atoms with E-state index in [1.165, 1.54) is 5.56 Å². The summed E-state index contributed by atoms with van der Waals surface area (Å²) in [6.45, 7) is 5.50. The minimum atomic E-state index is 0.785. The van der Waals surface area contributed by atoms with Gasteiger partial charge in [0.15, 0.2) is 0 Å². The van der Waals surface area contributed by atoms with Crippen LogP contribution in [0.2, 0.25) is 0 Å². The molecular formula is C14H20N2O2. The molecule has 0 radical (unpaired) electrons. The van der Waals surface area contributed by atoms with Gasteiger partial charge in [-0.3, -0.25) is 4.90 Å². The average molecular weight is 248 g/mol. The van der Waals surface area contributed by atoms with Crippen LogP contribution < -0.4 is 5.32 Å². The van der Waals surface area contributed by atoms with Gasteiger partial charge >= 0.3 is 0 Å². The molecule has 0 unspecified atom stereocenters. The van der Waals surface area contributed by atoms with Crippen LogP contribution in [-0.2, 0) is 19.6 Å². The van der Waals surface area contributed by atoms with Gasteiger partial charge in [-0.25, -0.2) is 0 Å². The molecule has 0 aliphatic rings. The highest BCUT2D eigenvalue weighted by atomic mass is 16.3. The zero-order chi connectivity index (χ0) is 12.8. The molecule has 4 heteroatoms. The van der Waals surface area contributed by atoms with Gasteiger partial charge in [-0.1, -0.05) is 6.92 Å². The highest BCUT2D eigenvalue weighted by molar-refractivity contribution is 5.12. The predicted octanol–water partition coefficient (Wildman–Crippen LogP) is 2.61. The van der Waals surface area contributed by atoms with Crippen LogP contribution in [0.5, 0.6) is 0 Å². The zero-order valence-electron chi connectivity index (χ0n) is 11.0. The van der Waals surface area contributed by atoms with Gasteiger partial charge in [0.05, 0.1) is 25.6 Å². The molecule has 0 aliphatic carbocycles. The molecule has 1 N–H and O–H groups in total. The first kappa shape index (κ1) is 12.9. The Bertz CT molecular complexity index is 448. The molecule has 0 aliphatic heterocycles. The lowest BCUT2D eigenvalue weighted by Crippen LogP contribution is -2.16. The topological polar surface area (TPSA) is 41.6 Å². The predicted molar refractivity (Wildman–Crippen MR) is 70.0 cm³/mol. The molecule has 2 heterocycles. The lowest BCUT2D eigenvalue weighted by Gasteiger charge is -2.12. The fourth-order valence-electron chi connectivity index (χ4n) is 1.86. The van der Waals surface area contributed by atoms with Crippen molar-refractivity contribution < 1.29 is 8.83 Å². The minimum absolute atomic E-state index is 0.785. The first-order chi connectivity index (χ1) is 8.78. The van der Waals surface area contributed by atoms with Gasteiger partial charge in [-0.15, -0.1) is 0 Å². The van der Waals surface area contributed by atoms with Crippen molar-refractivity contribution in [2.24, 2.45) is 0 Å². The molecule has 0 fully saturated rings. The van der Waals surface area contributed by atoms with E-state index in [4.69, 9.17) is 8.83 Å². The molecule has 2 aromatic rings. The van der Waals surface area contributed by atoms with E-state index in [0.29, 0.717) is 0 Å².